The Kier molecular flexibility index (Phi) is 10.8. The average molecular weight is 715 g/mol. The average Bonchev–Trinajstić information content (AvgIpc) is 2.93. The second kappa shape index (κ2) is 14.2. The van der Waals surface area contributed by atoms with Crippen LogP contribution in [0.15, 0.2) is 95.9 Å². The molecular formula is C30H18Cl6N2O4S. The third-order valence-corrected chi connectivity index (χ3v) is 9.13. The number of sulfonamides is 1. The van der Waals surface area contributed by atoms with E-state index in [2.05, 4.69) is 5.32 Å². The number of anilines is 2. The van der Waals surface area contributed by atoms with Gasteiger partial charge in [0, 0.05) is 37.3 Å². The zero-order chi connectivity index (χ0) is 31.3. The van der Waals surface area contributed by atoms with Crippen molar-refractivity contribution in [1.82, 2.24) is 0 Å². The summed E-state index contributed by atoms with van der Waals surface area (Å²) in [6.07, 6.45) is 5.07. The molecule has 1 N–H and O–H groups in total. The molecule has 0 spiro atoms. The van der Waals surface area contributed by atoms with Crippen LogP contribution in [0.4, 0.5) is 11.4 Å². The van der Waals surface area contributed by atoms with Gasteiger partial charge in [-0.3, -0.25) is 9.59 Å². The number of rotatable bonds is 8. The first-order chi connectivity index (χ1) is 20.3. The first-order valence-corrected chi connectivity index (χ1v) is 15.8. The molecule has 0 fully saturated rings. The SMILES string of the molecule is O=C(/C=C/c1ccc(Cl)cc1Cl)Nc1cc(S(=O)(=O)N(C(=O)/C=C/c2ccc(Cl)cc2Cl)c2cccc(Cl)c2)ccc1Cl. The predicted molar refractivity (Wildman–Crippen MR) is 177 cm³/mol. The molecule has 0 bridgehead atoms. The lowest BCUT2D eigenvalue weighted by atomic mass is 10.2. The number of hydrogen-bond donors (Lipinski definition) is 1. The van der Waals surface area contributed by atoms with Crippen LogP contribution in [-0.2, 0) is 19.6 Å². The molecule has 2 amide bonds. The third kappa shape index (κ3) is 8.34. The number of nitrogens with one attached hydrogen (secondary N) is 1. The predicted octanol–water partition coefficient (Wildman–Crippen LogP) is 9.69. The molecule has 0 aliphatic rings. The molecule has 13 heteroatoms. The maximum Gasteiger partial charge on any atom is 0.271 e. The Morgan fingerprint density at radius 2 is 1.23 bits per heavy atom. The quantitative estimate of drug-likeness (QED) is 0.184. The summed E-state index contributed by atoms with van der Waals surface area (Å²) in [4.78, 5) is 25.8. The van der Waals surface area contributed by atoms with E-state index in [0.29, 0.717) is 30.5 Å². The van der Waals surface area contributed by atoms with E-state index in [1.54, 1.807) is 24.3 Å². The molecule has 0 unspecified atom stereocenters. The molecule has 0 radical (unpaired) electrons. The fourth-order valence-electron chi connectivity index (χ4n) is 3.69. The van der Waals surface area contributed by atoms with Gasteiger partial charge in [0.15, 0.2) is 0 Å². The topological polar surface area (TPSA) is 83.6 Å². The van der Waals surface area contributed by atoms with Crippen molar-refractivity contribution < 1.29 is 18.0 Å². The summed E-state index contributed by atoms with van der Waals surface area (Å²) in [7, 11) is -4.57. The molecule has 0 heterocycles. The molecule has 0 aromatic heterocycles. The largest absolute Gasteiger partial charge is 0.321 e. The van der Waals surface area contributed by atoms with Gasteiger partial charge in [-0.2, -0.15) is 4.31 Å². The molecule has 0 atom stereocenters. The van der Waals surface area contributed by atoms with E-state index in [4.69, 9.17) is 69.6 Å². The Morgan fingerprint density at radius 3 is 1.81 bits per heavy atom. The Labute approximate surface area is 278 Å². The van der Waals surface area contributed by atoms with Crippen LogP contribution >= 0.6 is 69.6 Å². The van der Waals surface area contributed by atoms with Crippen LogP contribution < -0.4 is 9.62 Å². The van der Waals surface area contributed by atoms with E-state index in [9.17, 15) is 18.0 Å². The summed E-state index contributed by atoms with van der Waals surface area (Å²) in [5.41, 5.74) is 0.939. The van der Waals surface area contributed by atoms with Gasteiger partial charge in [-0.1, -0.05) is 87.8 Å². The number of benzene rings is 4. The zero-order valence-corrected chi connectivity index (χ0v) is 26.9. The standard InChI is InChI=1S/C30H18Cl6N2O4S/c31-20-2-1-3-23(14-20)38(30(40)13-7-19-5-9-22(33)16-27(19)36)43(41,42)24-10-11-25(34)28(17-24)37-29(39)12-6-18-4-8-21(32)15-26(18)35/h1-17H,(H,37,39)/b12-6+,13-7+. The highest BCUT2D eigenvalue weighted by molar-refractivity contribution is 7.93. The van der Waals surface area contributed by atoms with Crippen LogP contribution in [0.2, 0.25) is 30.1 Å². The van der Waals surface area contributed by atoms with Crippen LogP contribution in [0.1, 0.15) is 11.1 Å². The van der Waals surface area contributed by atoms with Crippen molar-refractivity contribution >= 4 is 115 Å². The van der Waals surface area contributed by atoms with E-state index in [-0.39, 0.29) is 31.3 Å². The summed E-state index contributed by atoms with van der Waals surface area (Å²) >= 11 is 36.6. The number of carbonyl (C=O) groups excluding carboxylic acids is 2. The molecule has 43 heavy (non-hydrogen) atoms. The summed E-state index contributed by atoms with van der Waals surface area (Å²) in [6, 6.07) is 18.8. The molecule has 4 rings (SSSR count). The molecule has 4 aromatic rings. The van der Waals surface area contributed by atoms with Gasteiger partial charge in [0.1, 0.15) is 0 Å². The minimum absolute atomic E-state index is 0.0124. The molecule has 0 saturated carbocycles. The van der Waals surface area contributed by atoms with E-state index in [0.717, 1.165) is 12.1 Å². The van der Waals surface area contributed by atoms with Gasteiger partial charge in [0.05, 0.1) is 21.3 Å². The number of nitrogens with zero attached hydrogens (tertiary/aromatic N) is 1. The van der Waals surface area contributed by atoms with Crippen LogP contribution in [0.25, 0.3) is 12.2 Å². The van der Waals surface area contributed by atoms with Gasteiger partial charge in [-0.15, -0.1) is 0 Å². The summed E-state index contributed by atoms with van der Waals surface area (Å²) in [5, 5.41) is 4.23. The fraction of sp³-hybridized carbons (Fsp3) is 0. The van der Waals surface area contributed by atoms with E-state index in [1.807, 2.05) is 0 Å². The fourth-order valence-corrected chi connectivity index (χ4v) is 6.39. The third-order valence-electron chi connectivity index (χ3n) is 5.72. The van der Waals surface area contributed by atoms with Gasteiger partial charge in [-0.25, -0.2) is 8.42 Å². The van der Waals surface area contributed by atoms with Gasteiger partial charge >= 0.3 is 0 Å². The molecular weight excluding hydrogens is 697 g/mol. The van der Waals surface area contributed by atoms with E-state index < -0.39 is 21.8 Å². The second-order valence-corrected chi connectivity index (χ2v) is 13.0. The lowest BCUT2D eigenvalue weighted by Gasteiger charge is -2.22. The summed E-state index contributed by atoms with van der Waals surface area (Å²) < 4.78 is 28.4. The number of carbonyl (C=O) groups is 2. The van der Waals surface area contributed by atoms with Gasteiger partial charge in [-0.05, 0) is 83.9 Å². The maximum atomic E-state index is 13.9. The highest BCUT2D eigenvalue weighted by Gasteiger charge is 2.31. The minimum Gasteiger partial charge on any atom is -0.321 e. The Morgan fingerprint density at radius 1 is 0.651 bits per heavy atom. The van der Waals surface area contributed by atoms with Crippen molar-refractivity contribution in [3.05, 3.63) is 132 Å². The van der Waals surface area contributed by atoms with E-state index in [1.165, 1.54) is 66.8 Å². The molecule has 6 nitrogen and oxygen atoms in total. The first-order valence-electron chi connectivity index (χ1n) is 12.1. The van der Waals surface area contributed by atoms with Crippen LogP contribution in [0, 0.1) is 0 Å². The zero-order valence-electron chi connectivity index (χ0n) is 21.6. The van der Waals surface area contributed by atoms with Gasteiger partial charge in [0.25, 0.3) is 15.9 Å². The Hall–Kier alpha value is -3.01. The second-order valence-electron chi connectivity index (χ2n) is 8.72. The van der Waals surface area contributed by atoms with Crippen molar-refractivity contribution in [2.75, 3.05) is 9.62 Å². The number of hydrogen-bond acceptors (Lipinski definition) is 4. The highest BCUT2D eigenvalue weighted by atomic mass is 35.5. The van der Waals surface area contributed by atoms with Crippen molar-refractivity contribution in [3.63, 3.8) is 0 Å². The van der Waals surface area contributed by atoms with Crippen molar-refractivity contribution in [3.8, 4) is 0 Å². The Bertz CT molecular complexity index is 1890. The molecule has 220 valence electrons. The Balaban J connectivity index is 1.67. The van der Waals surface area contributed by atoms with Crippen LogP contribution in [0.3, 0.4) is 0 Å². The molecule has 4 aromatic carbocycles. The number of halogens is 6. The van der Waals surface area contributed by atoms with Crippen molar-refractivity contribution in [2.24, 2.45) is 0 Å². The number of amides is 2. The molecule has 0 aliphatic carbocycles. The lowest BCUT2D eigenvalue weighted by Crippen LogP contribution is -2.36. The summed E-state index contributed by atoms with van der Waals surface area (Å²) in [5.74, 6) is -1.54. The van der Waals surface area contributed by atoms with Crippen molar-refractivity contribution in [1.29, 1.82) is 0 Å². The normalized spacial score (nSPS) is 11.7. The maximum absolute atomic E-state index is 13.9. The lowest BCUT2D eigenvalue weighted by molar-refractivity contribution is -0.113. The van der Waals surface area contributed by atoms with Crippen molar-refractivity contribution in [2.45, 2.75) is 4.90 Å². The van der Waals surface area contributed by atoms with E-state index >= 15 is 0 Å². The summed E-state index contributed by atoms with van der Waals surface area (Å²) in [6.45, 7) is 0. The molecule has 0 aliphatic heterocycles. The smallest absolute Gasteiger partial charge is 0.271 e. The van der Waals surface area contributed by atoms with Crippen LogP contribution in [-0.4, -0.2) is 20.2 Å². The van der Waals surface area contributed by atoms with Gasteiger partial charge in [0.2, 0.25) is 5.91 Å². The minimum atomic E-state index is -4.57. The highest BCUT2D eigenvalue weighted by Crippen LogP contribution is 2.31. The first kappa shape index (κ1) is 32.9. The monoisotopic (exact) mass is 712 g/mol. The molecule has 0 saturated heterocycles. The van der Waals surface area contributed by atoms with Gasteiger partial charge < -0.3 is 5.32 Å². The van der Waals surface area contributed by atoms with Crippen LogP contribution in [0.5, 0.6) is 0 Å².